The summed E-state index contributed by atoms with van der Waals surface area (Å²) in [5.74, 6) is 2.27. The van der Waals surface area contributed by atoms with Crippen LogP contribution in [-0.4, -0.2) is 35.7 Å². The molecule has 1 atom stereocenters. The molecule has 0 aliphatic carbocycles. The number of aromatic nitrogens is 1. The highest BCUT2D eigenvalue weighted by molar-refractivity contribution is 7.99. The van der Waals surface area contributed by atoms with E-state index in [0.29, 0.717) is 24.1 Å². The Morgan fingerprint density at radius 1 is 1.36 bits per heavy atom. The van der Waals surface area contributed by atoms with E-state index in [9.17, 15) is 5.11 Å². The molecule has 0 bridgehead atoms. The van der Waals surface area contributed by atoms with E-state index in [4.69, 9.17) is 20.8 Å². The smallest absolute Gasteiger partial charge is 0.207 e. The van der Waals surface area contributed by atoms with Gasteiger partial charge in [-0.25, -0.2) is 4.98 Å². The van der Waals surface area contributed by atoms with Crippen molar-refractivity contribution in [3.8, 4) is 11.3 Å². The van der Waals surface area contributed by atoms with Crippen LogP contribution in [0.3, 0.4) is 0 Å². The zero-order chi connectivity index (χ0) is 15.6. The van der Waals surface area contributed by atoms with Gasteiger partial charge in [-0.2, -0.15) is 0 Å². The Morgan fingerprint density at radius 3 is 2.68 bits per heavy atom. The van der Waals surface area contributed by atoms with Crippen molar-refractivity contribution in [1.82, 2.24) is 4.98 Å². The minimum absolute atomic E-state index is 0.0927. The number of rotatable bonds is 6. The lowest BCUT2D eigenvalue weighted by atomic mass is 9.90. The van der Waals surface area contributed by atoms with Crippen LogP contribution in [0.15, 0.2) is 34.9 Å². The summed E-state index contributed by atoms with van der Waals surface area (Å²) >= 11 is 7.62. The number of nitrogens with zero attached hydrogens (tertiary/aromatic N) is 1. The molecule has 2 heterocycles. The molecule has 22 heavy (non-hydrogen) atoms. The fourth-order valence-electron chi connectivity index (χ4n) is 2.21. The van der Waals surface area contributed by atoms with Gasteiger partial charge in [0.25, 0.3) is 0 Å². The second-order valence-electron chi connectivity index (χ2n) is 5.67. The molecule has 0 saturated carbocycles. The predicted molar refractivity (Wildman–Crippen MR) is 88.2 cm³/mol. The molecule has 4 nitrogen and oxygen atoms in total. The van der Waals surface area contributed by atoms with Crippen LogP contribution in [0.2, 0.25) is 5.02 Å². The van der Waals surface area contributed by atoms with Crippen LogP contribution in [0, 0.1) is 5.41 Å². The van der Waals surface area contributed by atoms with Crippen LogP contribution in [0.4, 0.5) is 0 Å². The van der Waals surface area contributed by atoms with Gasteiger partial charge in [0.05, 0.1) is 31.3 Å². The molecule has 2 aromatic rings. The van der Waals surface area contributed by atoms with Gasteiger partial charge < -0.3 is 14.3 Å². The molecule has 1 aromatic carbocycles. The van der Waals surface area contributed by atoms with Gasteiger partial charge in [0.2, 0.25) is 5.89 Å². The molecular weight excluding hydrogens is 322 g/mol. The number of hydrogen-bond donors (Lipinski definition) is 1. The minimum Gasteiger partial charge on any atom is -0.440 e. The summed E-state index contributed by atoms with van der Waals surface area (Å²) in [4.78, 5) is 4.37. The van der Waals surface area contributed by atoms with E-state index in [-0.39, 0.29) is 17.3 Å². The Bertz CT molecular complexity index is 619. The fourth-order valence-corrected chi connectivity index (χ4v) is 3.45. The number of halogens is 1. The normalized spacial score (nSPS) is 18.0. The predicted octanol–water partition coefficient (Wildman–Crippen LogP) is 3.80. The van der Waals surface area contributed by atoms with Crippen molar-refractivity contribution in [3.05, 3.63) is 41.4 Å². The Kier molecular flexibility index (Phi) is 4.78. The number of oxazole rings is 1. The average Bonchev–Trinajstić information content (AvgIpc) is 2.97. The van der Waals surface area contributed by atoms with Gasteiger partial charge in [-0.3, -0.25) is 0 Å². The molecule has 118 valence electrons. The number of thioether (sulfide) groups is 1. The quantitative estimate of drug-likeness (QED) is 0.867. The number of benzene rings is 1. The van der Waals surface area contributed by atoms with E-state index in [2.05, 4.69) is 11.9 Å². The number of hydrogen-bond acceptors (Lipinski definition) is 5. The highest BCUT2D eigenvalue weighted by atomic mass is 35.5. The monoisotopic (exact) mass is 339 g/mol. The van der Waals surface area contributed by atoms with Crippen LogP contribution in [-0.2, 0) is 4.74 Å². The molecule has 1 fully saturated rings. The van der Waals surface area contributed by atoms with Gasteiger partial charge in [0.15, 0.2) is 5.76 Å². The highest BCUT2D eigenvalue weighted by Crippen LogP contribution is 2.38. The first-order valence-electron chi connectivity index (χ1n) is 7.14. The summed E-state index contributed by atoms with van der Waals surface area (Å²) < 4.78 is 11.1. The van der Waals surface area contributed by atoms with Crippen molar-refractivity contribution in [1.29, 1.82) is 0 Å². The molecule has 0 spiro atoms. The topological polar surface area (TPSA) is 55.5 Å². The summed E-state index contributed by atoms with van der Waals surface area (Å²) in [6.45, 7) is 3.48. The first kappa shape index (κ1) is 15.9. The Morgan fingerprint density at radius 2 is 2.09 bits per heavy atom. The van der Waals surface area contributed by atoms with Crippen LogP contribution in [0.5, 0.6) is 0 Å². The maximum atomic E-state index is 9.45. The van der Waals surface area contributed by atoms with Crippen LogP contribution < -0.4 is 0 Å². The summed E-state index contributed by atoms with van der Waals surface area (Å²) in [5.41, 5.74) is 0.865. The van der Waals surface area contributed by atoms with Gasteiger partial charge in [0, 0.05) is 21.8 Å². The van der Waals surface area contributed by atoms with E-state index in [1.807, 2.05) is 24.3 Å². The first-order valence-corrected chi connectivity index (χ1v) is 8.56. The largest absolute Gasteiger partial charge is 0.440 e. The third-order valence-electron chi connectivity index (χ3n) is 3.79. The van der Waals surface area contributed by atoms with Crippen molar-refractivity contribution in [2.45, 2.75) is 12.2 Å². The van der Waals surface area contributed by atoms with E-state index in [0.717, 1.165) is 17.1 Å². The highest BCUT2D eigenvalue weighted by Gasteiger charge is 2.38. The van der Waals surface area contributed by atoms with Crippen LogP contribution >= 0.6 is 23.4 Å². The van der Waals surface area contributed by atoms with Crippen LogP contribution in [0.1, 0.15) is 18.1 Å². The minimum atomic E-state index is -0.0927. The van der Waals surface area contributed by atoms with Gasteiger partial charge in [-0.1, -0.05) is 11.6 Å². The zero-order valence-electron chi connectivity index (χ0n) is 12.3. The second kappa shape index (κ2) is 6.62. The molecule has 1 aliphatic rings. The second-order valence-corrected chi connectivity index (χ2v) is 7.44. The number of ether oxygens (including phenoxy) is 1. The molecule has 0 amide bonds. The molecule has 6 heteroatoms. The maximum Gasteiger partial charge on any atom is 0.207 e. The molecule has 0 radical (unpaired) electrons. The Labute approximate surface area is 138 Å². The zero-order valence-corrected chi connectivity index (χ0v) is 13.9. The number of aliphatic hydroxyl groups is 1. The third-order valence-corrected chi connectivity index (χ3v) is 5.52. The standard InChI is InChI=1S/C16H18ClNO3S/c1-11(22-10-16(7-19)8-20-9-16)15-18-6-14(21-15)12-2-4-13(17)5-3-12/h2-6,11,19H,7-10H2,1H3. The SMILES string of the molecule is CC(SCC1(CO)COC1)c1ncc(-c2ccc(Cl)cc2)o1. The molecule has 1 N–H and O–H groups in total. The fraction of sp³-hybridized carbons (Fsp3) is 0.438. The number of aliphatic hydroxyl groups excluding tert-OH is 1. The van der Waals surface area contributed by atoms with Gasteiger partial charge in [-0.15, -0.1) is 11.8 Å². The Hall–Kier alpha value is -1.01. The summed E-state index contributed by atoms with van der Waals surface area (Å²) in [6.07, 6.45) is 1.74. The van der Waals surface area contributed by atoms with Crippen LogP contribution in [0.25, 0.3) is 11.3 Å². The van der Waals surface area contributed by atoms with Crippen molar-refractivity contribution in [2.75, 3.05) is 25.6 Å². The van der Waals surface area contributed by atoms with E-state index < -0.39 is 0 Å². The maximum absolute atomic E-state index is 9.45. The van der Waals surface area contributed by atoms with Gasteiger partial charge in [0.1, 0.15) is 0 Å². The van der Waals surface area contributed by atoms with Gasteiger partial charge in [-0.05, 0) is 31.2 Å². The summed E-state index contributed by atoms with van der Waals surface area (Å²) in [6, 6.07) is 7.49. The van der Waals surface area contributed by atoms with Crippen molar-refractivity contribution in [3.63, 3.8) is 0 Å². The van der Waals surface area contributed by atoms with E-state index in [1.165, 1.54) is 0 Å². The van der Waals surface area contributed by atoms with E-state index >= 15 is 0 Å². The summed E-state index contributed by atoms with van der Waals surface area (Å²) in [5, 5.41) is 10.3. The summed E-state index contributed by atoms with van der Waals surface area (Å²) in [7, 11) is 0. The molecule has 1 saturated heterocycles. The lowest BCUT2D eigenvalue weighted by Crippen LogP contribution is -2.47. The lowest BCUT2D eigenvalue weighted by Gasteiger charge is -2.39. The molecule has 3 rings (SSSR count). The molecular formula is C16H18ClNO3S. The third kappa shape index (κ3) is 3.33. The van der Waals surface area contributed by atoms with Gasteiger partial charge >= 0.3 is 0 Å². The Balaban J connectivity index is 1.64. The molecule has 1 aromatic heterocycles. The van der Waals surface area contributed by atoms with Crippen molar-refractivity contribution >= 4 is 23.4 Å². The lowest BCUT2D eigenvalue weighted by molar-refractivity contribution is -0.121. The van der Waals surface area contributed by atoms with Crippen molar-refractivity contribution < 1.29 is 14.3 Å². The molecule has 1 aliphatic heterocycles. The van der Waals surface area contributed by atoms with Crippen molar-refractivity contribution in [2.24, 2.45) is 5.41 Å². The van der Waals surface area contributed by atoms with E-state index in [1.54, 1.807) is 18.0 Å². The molecule has 1 unspecified atom stereocenters. The first-order chi connectivity index (χ1) is 10.6. The average molecular weight is 340 g/mol.